The van der Waals surface area contributed by atoms with Crippen LogP contribution in [0.3, 0.4) is 0 Å². The fourth-order valence-corrected chi connectivity index (χ4v) is 2.99. The van der Waals surface area contributed by atoms with Crippen molar-refractivity contribution >= 4 is 11.6 Å². The summed E-state index contributed by atoms with van der Waals surface area (Å²) in [6, 6.07) is 5.49. The van der Waals surface area contributed by atoms with Gasteiger partial charge in [0.2, 0.25) is 0 Å². The number of hydrogen-bond acceptors (Lipinski definition) is 3. The summed E-state index contributed by atoms with van der Waals surface area (Å²) in [6.07, 6.45) is 5.81. The lowest BCUT2D eigenvalue weighted by Gasteiger charge is -2.28. The number of anilines is 1. The molecule has 4 heteroatoms. The van der Waals surface area contributed by atoms with Gasteiger partial charge in [0, 0.05) is 23.4 Å². The molecule has 1 aromatic carbocycles. The molecule has 1 aliphatic carbocycles. The number of ether oxygens (including phenoxy) is 1. The van der Waals surface area contributed by atoms with E-state index in [9.17, 15) is 4.79 Å². The number of carbonyl (C=O) groups excluding carboxylic acids is 1. The van der Waals surface area contributed by atoms with Gasteiger partial charge in [0.25, 0.3) is 5.91 Å². The third-order valence-electron chi connectivity index (χ3n) is 4.26. The highest BCUT2D eigenvalue weighted by molar-refractivity contribution is 5.95. The van der Waals surface area contributed by atoms with Gasteiger partial charge >= 0.3 is 0 Å². The first-order valence-corrected chi connectivity index (χ1v) is 7.96. The molecule has 0 bridgehead atoms. The second-order valence-corrected chi connectivity index (χ2v) is 5.82. The molecule has 0 aliphatic heterocycles. The number of amides is 1. The van der Waals surface area contributed by atoms with Gasteiger partial charge in [-0.1, -0.05) is 13.3 Å². The second kappa shape index (κ2) is 7.34. The van der Waals surface area contributed by atoms with Crippen LogP contribution in [0.4, 0.5) is 5.69 Å². The topological polar surface area (TPSA) is 64.3 Å². The van der Waals surface area contributed by atoms with Gasteiger partial charge in [-0.05, 0) is 50.7 Å². The maximum Gasteiger partial charge on any atom is 0.251 e. The predicted octanol–water partition coefficient (Wildman–Crippen LogP) is 3.37. The Morgan fingerprint density at radius 3 is 2.57 bits per heavy atom. The van der Waals surface area contributed by atoms with Crippen molar-refractivity contribution < 1.29 is 9.53 Å². The van der Waals surface area contributed by atoms with Crippen molar-refractivity contribution in [3.05, 3.63) is 23.8 Å². The number of rotatable bonds is 5. The smallest absolute Gasteiger partial charge is 0.251 e. The van der Waals surface area contributed by atoms with Gasteiger partial charge < -0.3 is 15.8 Å². The SMILES string of the molecule is CCOc1cc(N)cc(C(=O)NC2CCC(CC)CC2)c1. The molecule has 0 atom stereocenters. The summed E-state index contributed by atoms with van der Waals surface area (Å²) >= 11 is 0. The van der Waals surface area contributed by atoms with Gasteiger partial charge in [0.05, 0.1) is 6.61 Å². The normalized spacial score (nSPS) is 21.8. The van der Waals surface area contributed by atoms with Crippen LogP contribution in [0.15, 0.2) is 18.2 Å². The summed E-state index contributed by atoms with van der Waals surface area (Å²) in [5, 5.41) is 3.13. The van der Waals surface area contributed by atoms with E-state index in [-0.39, 0.29) is 11.9 Å². The van der Waals surface area contributed by atoms with Crippen molar-refractivity contribution in [2.45, 2.75) is 52.0 Å². The molecule has 2 rings (SSSR count). The first-order chi connectivity index (χ1) is 10.1. The number of carbonyl (C=O) groups is 1. The van der Waals surface area contributed by atoms with E-state index in [0.717, 1.165) is 18.8 Å². The predicted molar refractivity (Wildman–Crippen MR) is 85.5 cm³/mol. The molecule has 1 aliphatic rings. The average Bonchev–Trinajstić information content (AvgIpc) is 2.48. The van der Waals surface area contributed by atoms with Crippen molar-refractivity contribution in [1.82, 2.24) is 5.32 Å². The molecule has 1 fully saturated rings. The molecule has 1 saturated carbocycles. The highest BCUT2D eigenvalue weighted by atomic mass is 16.5. The molecule has 3 N–H and O–H groups in total. The summed E-state index contributed by atoms with van der Waals surface area (Å²) < 4.78 is 5.44. The van der Waals surface area contributed by atoms with Crippen LogP contribution >= 0.6 is 0 Å². The molecular formula is C17H26N2O2. The average molecular weight is 290 g/mol. The van der Waals surface area contributed by atoms with E-state index in [1.54, 1.807) is 18.2 Å². The van der Waals surface area contributed by atoms with Crippen LogP contribution in [0.25, 0.3) is 0 Å². The summed E-state index contributed by atoms with van der Waals surface area (Å²) in [5.41, 5.74) is 6.97. The number of hydrogen-bond donors (Lipinski definition) is 2. The zero-order valence-electron chi connectivity index (χ0n) is 13.0. The van der Waals surface area contributed by atoms with Gasteiger partial charge in [0.1, 0.15) is 5.75 Å². The Morgan fingerprint density at radius 1 is 1.24 bits per heavy atom. The van der Waals surface area contributed by atoms with Crippen LogP contribution in [0.5, 0.6) is 5.75 Å². The van der Waals surface area contributed by atoms with E-state index in [0.29, 0.717) is 23.6 Å². The lowest BCUT2D eigenvalue weighted by Crippen LogP contribution is -2.37. The molecule has 21 heavy (non-hydrogen) atoms. The molecule has 1 aromatic rings. The number of nitrogens with two attached hydrogens (primary N) is 1. The van der Waals surface area contributed by atoms with E-state index in [2.05, 4.69) is 12.2 Å². The lowest BCUT2D eigenvalue weighted by atomic mass is 9.84. The van der Waals surface area contributed by atoms with Gasteiger partial charge in [0.15, 0.2) is 0 Å². The number of nitrogens with one attached hydrogen (secondary N) is 1. The van der Waals surface area contributed by atoms with Crippen LogP contribution in [0, 0.1) is 5.92 Å². The molecule has 0 aromatic heterocycles. The summed E-state index contributed by atoms with van der Waals surface area (Å²) in [7, 11) is 0. The van der Waals surface area contributed by atoms with Gasteiger partial charge in [-0.15, -0.1) is 0 Å². The molecule has 4 nitrogen and oxygen atoms in total. The minimum absolute atomic E-state index is 0.0526. The van der Waals surface area contributed by atoms with E-state index in [4.69, 9.17) is 10.5 Å². The Labute approximate surface area is 127 Å². The quantitative estimate of drug-likeness (QED) is 0.817. The van der Waals surface area contributed by atoms with E-state index in [1.807, 2.05) is 6.92 Å². The Balaban J connectivity index is 1.97. The number of nitrogen functional groups attached to an aromatic ring is 1. The summed E-state index contributed by atoms with van der Waals surface area (Å²) in [6.45, 7) is 4.71. The van der Waals surface area contributed by atoms with Crippen molar-refractivity contribution in [1.29, 1.82) is 0 Å². The molecule has 0 radical (unpaired) electrons. The first-order valence-electron chi connectivity index (χ1n) is 7.96. The van der Waals surface area contributed by atoms with E-state index < -0.39 is 0 Å². The molecule has 0 spiro atoms. The Bertz CT molecular complexity index is 480. The van der Waals surface area contributed by atoms with Crippen molar-refractivity contribution in [3.63, 3.8) is 0 Å². The van der Waals surface area contributed by atoms with Crippen molar-refractivity contribution in [2.75, 3.05) is 12.3 Å². The summed E-state index contributed by atoms with van der Waals surface area (Å²) in [5.74, 6) is 1.43. The minimum Gasteiger partial charge on any atom is -0.494 e. The third kappa shape index (κ3) is 4.38. The largest absolute Gasteiger partial charge is 0.494 e. The molecule has 1 amide bonds. The monoisotopic (exact) mass is 290 g/mol. The van der Waals surface area contributed by atoms with Crippen LogP contribution in [0.2, 0.25) is 0 Å². The van der Waals surface area contributed by atoms with Gasteiger partial charge in [-0.25, -0.2) is 0 Å². The molecule has 116 valence electrons. The highest BCUT2D eigenvalue weighted by Crippen LogP contribution is 2.27. The van der Waals surface area contributed by atoms with Crippen LogP contribution < -0.4 is 15.8 Å². The van der Waals surface area contributed by atoms with Crippen LogP contribution in [0.1, 0.15) is 56.3 Å². The Morgan fingerprint density at radius 2 is 1.95 bits per heavy atom. The van der Waals surface area contributed by atoms with Crippen LogP contribution in [-0.2, 0) is 0 Å². The second-order valence-electron chi connectivity index (χ2n) is 5.82. The maximum atomic E-state index is 12.4. The Hall–Kier alpha value is -1.71. The fraction of sp³-hybridized carbons (Fsp3) is 0.588. The first kappa shape index (κ1) is 15.7. The highest BCUT2D eigenvalue weighted by Gasteiger charge is 2.22. The van der Waals surface area contributed by atoms with Crippen molar-refractivity contribution in [2.24, 2.45) is 5.92 Å². The maximum absolute atomic E-state index is 12.4. The lowest BCUT2D eigenvalue weighted by molar-refractivity contribution is 0.0921. The molecule has 0 heterocycles. The number of benzene rings is 1. The van der Waals surface area contributed by atoms with E-state index in [1.165, 1.54) is 19.3 Å². The van der Waals surface area contributed by atoms with Gasteiger partial charge in [-0.3, -0.25) is 4.79 Å². The Kier molecular flexibility index (Phi) is 5.48. The van der Waals surface area contributed by atoms with Gasteiger partial charge in [-0.2, -0.15) is 0 Å². The summed E-state index contributed by atoms with van der Waals surface area (Å²) in [4.78, 5) is 12.4. The zero-order chi connectivity index (χ0) is 15.2. The molecule has 0 saturated heterocycles. The minimum atomic E-state index is -0.0526. The zero-order valence-corrected chi connectivity index (χ0v) is 13.0. The standard InChI is InChI=1S/C17H26N2O2/c1-3-12-5-7-15(8-6-12)19-17(20)13-9-14(18)11-16(10-13)21-4-2/h9-12,15H,3-8,18H2,1-2H3,(H,19,20). The van der Waals surface area contributed by atoms with Crippen molar-refractivity contribution in [3.8, 4) is 5.75 Å². The van der Waals surface area contributed by atoms with Crippen LogP contribution in [-0.4, -0.2) is 18.6 Å². The molecule has 0 unspecified atom stereocenters. The molecular weight excluding hydrogens is 264 g/mol. The third-order valence-corrected chi connectivity index (χ3v) is 4.26. The van der Waals surface area contributed by atoms with E-state index >= 15 is 0 Å². The fourth-order valence-electron chi connectivity index (χ4n) is 2.99.